The van der Waals surface area contributed by atoms with Gasteiger partial charge in [0.15, 0.2) is 5.78 Å². The lowest BCUT2D eigenvalue weighted by Gasteiger charge is -2.16. The second-order valence-corrected chi connectivity index (χ2v) is 11.1. The SMILES string of the molecule is CC(=O)C(CCCCNC(=O)c1ccccc1)NC(=O)c1ccc(NS(=O)(=O)c2ccc3ccccc3c2)cc1. The van der Waals surface area contributed by atoms with Gasteiger partial charge in [0, 0.05) is 23.4 Å². The van der Waals surface area contributed by atoms with Crippen LogP contribution in [-0.4, -0.2) is 38.6 Å². The van der Waals surface area contributed by atoms with E-state index in [1.54, 1.807) is 42.5 Å². The first-order valence-corrected chi connectivity index (χ1v) is 14.5. The topological polar surface area (TPSA) is 121 Å². The molecule has 1 atom stereocenters. The van der Waals surface area contributed by atoms with Crippen molar-refractivity contribution < 1.29 is 22.8 Å². The van der Waals surface area contributed by atoms with Gasteiger partial charge in [-0.25, -0.2) is 8.42 Å². The Bertz CT molecular complexity index is 1600. The van der Waals surface area contributed by atoms with E-state index in [9.17, 15) is 22.8 Å². The van der Waals surface area contributed by atoms with Crippen molar-refractivity contribution in [3.05, 3.63) is 108 Å². The molecule has 40 heavy (non-hydrogen) atoms. The van der Waals surface area contributed by atoms with Crippen LogP contribution in [0.3, 0.4) is 0 Å². The molecule has 0 spiro atoms. The summed E-state index contributed by atoms with van der Waals surface area (Å²) < 4.78 is 28.3. The van der Waals surface area contributed by atoms with E-state index in [1.165, 1.54) is 31.2 Å². The highest BCUT2D eigenvalue weighted by molar-refractivity contribution is 7.92. The lowest BCUT2D eigenvalue weighted by atomic mass is 10.1. The first kappa shape index (κ1) is 28.5. The van der Waals surface area contributed by atoms with Crippen molar-refractivity contribution >= 4 is 44.1 Å². The quantitative estimate of drug-likeness (QED) is 0.213. The summed E-state index contributed by atoms with van der Waals surface area (Å²) in [5.41, 5.74) is 1.20. The minimum Gasteiger partial charge on any atom is -0.352 e. The fourth-order valence-electron chi connectivity index (χ4n) is 4.22. The van der Waals surface area contributed by atoms with Crippen LogP contribution < -0.4 is 15.4 Å². The monoisotopic (exact) mass is 557 g/mol. The Morgan fingerprint density at radius 1 is 0.725 bits per heavy atom. The molecule has 4 rings (SSSR count). The first-order chi connectivity index (χ1) is 19.2. The minimum atomic E-state index is -3.83. The summed E-state index contributed by atoms with van der Waals surface area (Å²) in [5.74, 6) is -0.747. The highest BCUT2D eigenvalue weighted by Crippen LogP contribution is 2.22. The summed E-state index contributed by atoms with van der Waals surface area (Å²) in [6.07, 6.45) is 1.73. The number of benzene rings is 4. The summed E-state index contributed by atoms with van der Waals surface area (Å²) in [4.78, 5) is 37.2. The van der Waals surface area contributed by atoms with Gasteiger partial charge in [-0.05, 0) is 85.5 Å². The average Bonchev–Trinajstić information content (AvgIpc) is 2.96. The van der Waals surface area contributed by atoms with Crippen LogP contribution in [-0.2, 0) is 14.8 Å². The predicted molar refractivity (Wildman–Crippen MR) is 156 cm³/mol. The third-order valence-corrected chi connectivity index (χ3v) is 7.85. The second kappa shape index (κ2) is 13.0. The van der Waals surface area contributed by atoms with E-state index in [0.29, 0.717) is 42.6 Å². The molecule has 2 amide bonds. The van der Waals surface area contributed by atoms with E-state index in [2.05, 4.69) is 15.4 Å². The molecule has 0 saturated heterocycles. The molecule has 4 aromatic rings. The average molecular weight is 558 g/mol. The van der Waals surface area contributed by atoms with Crippen LogP contribution in [0.4, 0.5) is 5.69 Å². The van der Waals surface area contributed by atoms with Gasteiger partial charge in [0.05, 0.1) is 10.9 Å². The maximum atomic E-state index is 12.9. The van der Waals surface area contributed by atoms with Gasteiger partial charge in [-0.2, -0.15) is 0 Å². The lowest BCUT2D eigenvalue weighted by molar-refractivity contribution is -0.119. The summed E-state index contributed by atoms with van der Waals surface area (Å²) in [6.45, 7) is 1.88. The molecule has 0 fully saturated rings. The molecule has 0 aliphatic rings. The van der Waals surface area contributed by atoms with Gasteiger partial charge in [0.1, 0.15) is 0 Å². The summed E-state index contributed by atoms with van der Waals surface area (Å²) in [5, 5.41) is 7.36. The molecule has 0 radical (unpaired) electrons. The largest absolute Gasteiger partial charge is 0.352 e. The zero-order chi connectivity index (χ0) is 28.5. The summed E-state index contributed by atoms with van der Waals surface area (Å²) in [7, 11) is -3.83. The van der Waals surface area contributed by atoms with E-state index in [0.717, 1.165) is 10.8 Å². The Morgan fingerprint density at radius 2 is 1.38 bits per heavy atom. The maximum absolute atomic E-state index is 12.9. The third-order valence-electron chi connectivity index (χ3n) is 6.47. The number of rotatable bonds is 12. The van der Waals surface area contributed by atoms with E-state index >= 15 is 0 Å². The molecule has 0 bridgehead atoms. The van der Waals surface area contributed by atoms with Crippen LogP contribution in [0.5, 0.6) is 0 Å². The molecule has 0 aliphatic carbocycles. The van der Waals surface area contributed by atoms with Crippen molar-refractivity contribution in [2.24, 2.45) is 0 Å². The zero-order valence-electron chi connectivity index (χ0n) is 22.1. The minimum absolute atomic E-state index is 0.136. The van der Waals surface area contributed by atoms with Gasteiger partial charge in [-0.15, -0.1) is 0 Å². The number of anilines is 1. The molecule has 3 N–H and O–H groups in total. The predicted octanol–water partition coefficient (Wildman–Crippen LogP) is 4.93. The number of fused-ring (bicyclic) bond motifs is 1. The number of Topliss-reactive ketones (excluding diaryl/α,β-unsaturated/α-hetero) is 1. The van der Waals surface area contributed by atoms with Crippen LogP contribution >= 0.6 is 0 Å². The van der Waals surface area contributed by atoms with Crippen molar-refractivity contribution in [3.63, 3.8) is 0 Å². The number of amides is 2. The van der Waals surface area contributed by atoms with Gasteiger partial charge in [0.2, 0.25) is 0 Å². The van der Waals surface area contributed by atoms with Gasteiger partial charge in [0.25, 0.3) is 21.8 Å². The van der Waals surface area contributed by atoms with Crippen LogP contribution in [0.25, 0.3) is 10.8 Å². The highest BCUT2D eigenvalue weighted by atomic mass is 32.2. The number of carbonyl (C=O) groups excluding carboxylic acids is 3. The molecule has 206 valence electrons. The Kier molecular flexibility index (Phi) is 9.29. The molecule has 8 nitrogen and oxygen atoms in total. The van der Waals surface area contributed by atoms with E-state index in [4.69, 9.17) is 0 Å². The molecule has 0 saturated carbocycles. The van der Waals surface area contributed by atoms with Crippen molar-refractivity contribution in [1.82, 2.24) is 10.6 Å². The van der Waals surface area contributed by atoms with E-state index < -0.39 is 22.0 Å². The number of carbonyl (C=O) groups is 3. The Hall–Kier alpha value is -4.50. The van der Waals surface area contributed by atoms with Crippen molar-refractivity contribution in [1.29, 1.82) is 0 Å². The lowest BCUT2D eigenvalue weighted by Crippen LogP contribution is -2.39. The normalized spacial score (nSPS) is 11.9. The summed E-state index contributed by atoms with van der Waals surface area (Å²) in [6, 6.07) is 26.7. The van der Waals surface area contributed by atoms with Gasteiger partial charge in [-0.3, -0.25) is 19.1 Å². The number of ketones is 1. The summed E-state index contributed by atoms with van der Waals surface area (Å²) >= 11 is 0. The zero-order valence-corrected chi connectivity index (χ0v) is 22.9. The van der Waals surface area contributed by atoms with Crippen molar-refractivity contribution in [2.45, 2.75) is 37.1 Å². The van der Waals surface area contributed by atoms with Crippen LogP contribution in [0, 0.1) is 0 Å². The molecule has 0 aliphatic heterocycles. The number of unbranched alkanes of at least 4 members (excludes halogenated alkanes) is 1. The fourth-order valence-corrected chi connectivity index (χ4v) is 5.32. The molecular weight excluding hydrogens is 526 g/mol. The molecule has 0 heterocycles. The van der Waals surface area contributed by atoms with Gasteiger partial charge in [-0.1, -0.05) is 48.5 Å². The number of nitrogens with one attached hydrogen (secondary N) is 3. The molecule has 0 aromatic heterocycles. The van der Waals surface area contributed by atoms with Gasteiger partial charge < -0.3 is 10.6 Å². The number of hydrogen-bond acceptors (Lipinski definition) is 5. The Labute approximate surface area is 233 Å². The highest BCUT2D eigenvalue weighted by Gasteiger charge is 2.19. The standard InChI is InChI=1S/C31H31N3O5S/c1-22(35)29(13-7-8-20-32-30(36)24-10-3-2-4-11-24)33-31(37)25-14-17-27(18-15-25)34-40(38,39)28-19-16-23-9-5-6-12-26(23)21-28/h2-6,9-12,14-19,21,29,34H,7-8,13,20H2,1H3,(H,32,36)(H,33,37). The maximum Gasteiger partial charge on any atom is 0.261 e. The van der Waals surface area contributed by atoms with Crippen molar-refractivity contribution in [2.75, 3.05) is 11.3 Å². The molecular formula is C31H31N3O5S. The van der Waals surface area contributed by atoms with Crippen LogP contribution in [0.1, 0.15) is 46.9 Å². The first-order valence-electron chi connectivity index (χ1n) is 13.0. The van der Waals surface area contributed by atoms with E-state index in [1.807, 2.05) is 30.3 Å². The Balaban J connectivity index is 1.28. The molecule has 9 heteroatoms. The van der Waals surface area contributed by atoms with Gasteiger partial charge >= 0.3 is 0 Å². The smallest absolute Gasteiger partial charge is 0.261 e. The number of sulfonamides is 1. The second-order valence-electron chi connectivity index (χ2n) is 9.45. The third kappa shape index (κ3) is 7.54. The fraction of sp³-hybridized carbons (Fsp3) is 0.194. The number of hydrogen-bond donors (Lipinski definition) is 3. The van der Waals surface area contributed by atoms with Crippen LogP contribution in [0.15, 0.2) is 102 Å². The molecule has 4 aromatic carbocycles. The molecule has 1 unspecified atom stereocenters. The van der Waals surface area contributed by atoms with Crippen LogP contribution in [0.2, 0.25) is 0 Å². The Morgan fingerprint density at radius 3 is 2.08 bits per heavy atom. The van der Waals surface area contributed by atoms with E-state index in [-0.39, 0.29) is 16.6 Å². The van der Waals surface area contributed by atoms with Crippen molar-refractivity contribution in [3.8, 4) is 0 Å².